The number of amides is 1. The molecule has 2 N–H and O–H groups in total. The second kappa shape index (κ2) is 3.75. The lowest BCUT2D eigenvalue weighted by atomic mass is 10.3. The number of hydrogen-bond acceptors (Lipinski definition) is 4. The molecule has 1 saturated heterocycles. The van der Waals surface area contributed by atoms with Gasteiger partial charge in [-0.1, -0.05) is 5.21 Å². The fourth-order valence-corrected chi connectivity index (χ4v) is 1.56. The quantitative estimate of drug-likeness (QED) is 0.659. The van der Waals surface area contributed by atoms with Gasteiger partial charge in [-0.05, 0) is 6.42 Å². The Morgan fingerprint density at radius 3 is 3.00 bits per heavy atom. The molecule has 1 aromatic heterocycles. The van der Waals surface area contributed by atoms with Crippen LogP contribution in [0.3, 0.4) is 0 Å². The minimum atomic E-state index is -0.300. The highest BCUT2D eigenvalue weighted by Crippen LogP contribution is 2.08. The van der Waals surface area contributed by atoms with Crippen molar-refractivity contribution < 1.29 is 4.79 Å². The van der Waals surface area contributed by atoms with Crippen LogP contribution < -0.4 is 5.73 Å². The van der Waals surface area contributed by atoms with Crippen molar-refractivity contribution in [2.24, 2.45) is 5.73 Å². The highest BCUT2D eigenvalue weighted by atomic mass is 16.2. The Kier molecular flexibility index (Phi) is 2.45. The molecule has 1 atom stereocenters. The molecule has 6 heteroatoms. The van der Waals surface area contributed by atoms with E-state index in [0.29, 0.717) is 13.1 Å². The van der Waals surface area contributed by atoms with Gasteiger partial charge in [0.2, 0.25) is 5.91 Å². The van der Waals surface area contributed by atoms with Crippen LogP contribution in [0.4, 0.5) is 0 Å². The zero-order valence-electron chi connectivity index (χ0n) is 7.83. The topological polar surface area (TPSA) is 77.0 Å². The number of hydrogen-bond donors (Lipinski definition) is 1. The number of aromatic nitrogens is 3. The maximum Gasteiger partial charge on any atom is 0.239 e. The predicted octanol–water partition coefficient (Wildman–Crippen LogP) is -1.16. The Morgan fingerprint density at radius 2 is 2.43 bits per heavy atom. The first kappa shape index (κ1) is 9.14. The molecule has 1 aliphatic rings. The smallest absolute Gasteiger partial charge is 0.239 e. The van der Waals surface area contributed by atoms with E-state index >= 15 is 0 Å². The Morgan fingerprint density at radius 1 is 1.57 bits per heavy atom. The Labute approximate surface area is 81.7 Å². The van der Waals surface area contributed by atoms with Gasteiger partial charge in [-0.3, -0.25) is 9.48 Å². The van der Waals surface area contributed by atoms with Crippen LogP contribution in [0.2, 0.25) is 0 Å². The van der Waals surface area contributed by atoms with Gasteiger partial charge in [-0.2, -0.15) is 0 Å². The van der Waals surface area contributed by atoms with Crippen molar-refractivity contribution in [2.45, 2.75) is 19.0 Å². The van der Waals surface area contributed by atoms with E-state index in [9.17, 15) is 4.79 Å². The SMILES string of the molecule is NC1CCN(CCn2ccnn2)C1=O. The molecule has 0 aromatic carbocycles. The molecule has 0 bridgehead atoms. The summed E-state index contributed by atoms with van der Waals surface area (Å²) in [6, 6.07) is -0.300. The molecule has 0 aliphatic carbocycles. The standard InChI is InChI=1S/C8H13N5O/c9-7-1-3-12(8(7)14)5-6-13-4-2-10-11-13/h2,4,7H,1,3,5-6,9H2. The van der Waals surface area contributed by atoms with Crippen molar-refractivity contribution in [1.82, 2.24) is 19.9 Å². The largest absolute Gasteiger partial charge is 0.339 e. The first-order valence-corrected chi connectivity index (χ1v) is 4.66. The molecule has 6 nitrogen and oxygen atoms in total. The molecule has 1 fully saturated rings. The van der Waals surface area contributed by atoms with Gasteiger partial charge >= 0.3 is 0 Å². The van der Waals surface area contributed by atoms with E-state index in [1.54, 1.807) is 22.0 Å². The summed E-state index contributed by atoms with van der Waals surface area (Å²) in [5.41, 5.74) is 5.59. The maximum absolute atomic E-state index is 11.4. The van der Waals surface area contributed by atoms with E-state index in [0.717, 1.165) is 13.0 Å². The van der Waals surface area contributed by atoms with Gasteiger partial charge < -0.3 is 10.6 Å². The molecule has 0 spiro atoms. The minimum absolute atomic E-state index is 0.0464. The fraction of sp³-hybridized carbons (Fsp3) is 0.625. The second-order valence-corrected chi connectivity index (χ2v) is 3.39. The normalized spacial score (nSPS) is 21.9. The fourth-order valence-electron chi connectivity index (χ4n) is 1.56. The van der Waals surface area contributed by atoms with E-state index in [-0.39, 0.29) is 11.9 Å². The molecule has 1 unspecified atom stereocenters. The highest BCUT2D eigenvalue weighted by molar-refractivity contribution is 5.83. The predicted molar refractivity (Wildman–Crippen MR) is 49.2 cm³/mol. The third kappa shape index (κ3) is 1.74. The van der Waals surface area contributed by atoms with E-state index in [1.165, 1.54) is 0 Å². The Hall–Kier alpha value is -1.43. The van der Waals surface area contributed by atoms with Gasteiger partial charge in [0.15, 0.2) is 0 Å². The first-order chi connectivity index (χ1) is 6.77. The summed E-state index contributed by atoms with van der Waals surface area (Å²) in [5, 5.41) is 7.50. The summed E-state index contributed by atoms with van der Waals surface area (Å²) in [6.07, 6.45) is 4.16. The molecular weight excluding hydrogens is 182 g/mol. The van der Waals surface area contributed by atoms with Crippen LogP contribution >= 0.6 is 0 Å². The summed E-state index contributed by atoms with van der Waals surface area (Å²) in [4.78, 5) is 13.2. The van der Waals surface area contributed by atoms with Crippen LogP contribution in [-0.2, 0) is 11.3 Å². The van der Waals surface area contributed by atoms with Crippen LogP contribution in [-0.4, -0.2) is 44.9 Å². The molecule has 14 heavy (non-hydrogen) atoms. The van der Waals surface area contributed by atoms with Crippen molar-refractivity contribution in [2.75, 3.05) is 13.1 Å². The monoisotopic (exact) mass is 195 g/mol. The van der Waals surface area contributed by atoms with Gasteiger partial charge in [0.1, 0.15) is 0 Å². The first-order valence-electron chi connectivity index (χ1n) is 4.66. The lowest BCUT2D eigenvalue weighted by molar-refractivity contribution is -0.128. The van der Waals surface area contributed by atoms with Crippen LogP contribution in [0.1, 0.15) is 6.42 Å². The molecule has 76 valence electrons. The van der Waals surface area contributed by atoms with Crippen molar-refractivity contribution in [1.29, 1.82) is 0 Å². The summed E-state index contributed by atoms with van der Waals surface area (Å²) in [6.45, 7) is 2.10. The van der Waals surface area contributed by atoms with E-state index in [2.05, 4.69) is 10.3 Å². The number of nitrogens with zero attached hydrogens (tertiary/aromatic N) is 4. The summed E-state index contributed by atoms with van der Waals surface area (Å²) in [7, 11) is 0. The summed E-state index contributed by atoms with van der Waals surface area (Å²) < 4.78 is 1.71. The van der Waals surface area contributed by atoms with Gasteiger partial charge in [0, 0.05) is 19.3 Å². The van der Waals surface area contributed by atoms with Crippen LogP contribution in [0.25, 0.3) is 0 Å². The zero-order chi connectivity index (χ0) is 9.97. The third-order valence-electron chi connectivity index (χ3n) is 2.41. The Bertz CT molecular complexity index is 310. The Balaban J connectivity index is 1.84. The van der Waals surface area contributed by atoms with E-state index < -0.39 is 0 Å². The van der Waals surface area contributed by atoms with Crippen molar-refractivity contribution >= 4 is 5.91 Å². The number of likely N-dealkylation sites (tertiary alicyclic amines) is 1. The molecule has 1 aromatic rings. The van der Waals surface area contributed by atoms with Crippen LogP contribution in [0.15, 0.2) is 12.4 Å². The summed E-state index contributed by atoms with van der Waals surface area (Å²) >= 11 is 0. The molecule has 2 rings (SSSR count). The van der Waals surface area contributed by atoms with E-state index in [4.69, 9.17) is 5.73 Å². The third-order valence-corrected chi connectivity index (χ3v) is 2.41. The van der Waals surface area contributed by atoms with Gasteiger partial charge in [-0.15, -0.1) is 5.10 Å². The second-order valence-electron chi connectivity index (χ2n) is 3.39. The van der Waals surface area contributed by atoms with Crippen LogP contribution in [0.5, 0.6) is 0 Å². The number of carbonyl (C=O) groups excluding carboxylic acids is 1. The molecule has 2 heterocycles. The highest BCUT2D eigenvalue weighted by Gasteiger charge is 2.27. The number of carbonyl (C=O) groups is 1. The average molecular weight is 195 g/mol. The number of rotatable bonds is 3. The lowest BCUT2D eigenvalue weighted by Gasteiger charge is -2.15. The molecule has 1 amide bonds. The zero-order valence-corrected chi connectivity index (χ0v) is 7.83. The molecule has 0 radical (unpaired) electrons. The van der Waals surface area contributed by atoms with Gasteiger partial charge in [0.05, 0.1) is 18.8 Å². The van der Waals surface area contributed by atoms with Gasteiger partial charge in [0.25, 0.3) is 0 Å². The van der Waals surface area contributed by atoms with Crippen molar-refractivity contribution in [3.63, 3.8) is 0 Å². The minimum Gasteiger partial charge on any atom is -0.339 e. The average Bonchev–Trinajstić information content (AvgIpc) is 2.77. The number of nitrogens with two attached hydrogens (primary N) is 1. The van der Waals surface area contributed by atoms with Gasteiger partial charge in [-0.25, -0.2) is 0 Å². The van der Waals surface area contributed by atoms with Crippen LogP contribution in [0, 0.1) is 0 Å². The van der Waals surface area contributed by atoms with Crippen molar-refractivity contribution in [3.8, 4) is 0 Å². The molecule has 0 saturated carbocycles. The molecular formula is C8H13N5O. The maximum atomic E-state index is 11.4. The summed E-state index contributed by atoms with van der Waals surface area (Å²) in [5.74, 6) is 0.0464. The van der Waals surface area contributed by atoms with E-state index in [1.807, 2.05) is 0 Å². The molecule has 1 aliphatic heterocycles. The lowest BCUT2D eigenvalue weighted by Crippen LogP contribution is -2.35. The van der Waals surface area contributed by atoms with Crippen molar-refractivity contribution in [3.05, 3.63) is 12.4 Å².